The lowest BCUT2D eigenvalue weighted by Crippen LogP contribution is -2.36. The number of anilines is 2. The van der Waals surface area contributed by atoms with Crippen LogP contribution in [0.2, 0.25) is 0 Å². The van der Waals surface area contributed by atoms with E-state index in [2.05, 4.69) is 32.3 Å². The van der Waals surface area contributed by atoms with E-state index in [9.17, 15) is 0 Å². The molecule has 1 N–H and O–H groups in total. The first-order valence-corrected chi connectivity index (χ1v) is 8.60. The largest absolute Gasteiger partial charge is 0.306 e. The van der Waals surface area contributed by atoms with E-state index in [1.165, 1.54) is 30.7 Å². The summed E-state index contributed by atoms with van der Waals surface area (Å²) in [6.07, 6.45) is 5.97. The number of hydrogen-bond donors (Lipinski definition) is 1. The molecule has 0 spiro atoms. The summed E-state index contributed by atoms with van der Waals surface area (Å²) >= 11 is 3.26. The third kappa shape index (κ3) is 3.34. The van der Waals surface area contributed by atoms with E-state index < -0.39 is 0 Å². The van der Waals surface area contributed by atoms with Gasteiger partial charge >= 0.3 is 0 Å². The smallest absolute Gasteiger partial charge is 0.211 e. The van der Waals surface area contributed by atoms with E-state index >= 15 is 0 Å². The highest BCUT2D eigenvalue weighted by molar-refractivity contribution is 7.17. The van der Waals surface area contributed by atoms with E-state index in [0.717, 1.165) is 21.8 Å². The summed E-state index contributed by atoms with van der Waals surface area (Å²) in [5.74, 6) is 0. The highest BCUT2D eigenvalue weighted by Crippen LogP contribution is 2.27. The highest BCUT2D eigenvalue weighted by Gasteiger charge is 2.19. The molecule has 7 heteroatoms. The van der Waals surface area contributed by atoms with Gasteiger partial charge in [0.05, 0.1) is 0 Å². The Labute approximate surface area is 127 Å². The number of piperidine rings is 1. The third-order valence-electron chi connectivity index (χ3n) is 3.59. The van der Waals surface area contributed by atoms with Crippen LogP contribution >= 0.6 is 22.7 Å². The summed E-state index contributed by atoms with van der Waals surface area (Å²) in [5, 5.41) is 14.0. The summed E-state index contributed by atoms with van der Waals surface area (Å²) < 4.78 is 0. The van der Waals surface area contributed by atoms with Crippen molar-refractivity contribution in [2.24, 2.45) is 0 Å². The van der Waals surface area contributed by atoms with Gasteiger partial charge in [0.1, 0.15) is 5.01 Å². The molecule has 2 aromatic rings. The number of thiazole rings is 1. The Morgan fingerprint density at radius 1 is 1.30 bits per heavy atom. The second-order valence-electron chi connectivity index (χ2n) is 5.20. The molecule has 0 amide bonds. The van der Waals surface area contributed by atoms with Crippen LogP contribution in [0.3, 0.4) is 0 Å². The monoisotopic (exact) mass is 309 g/mol. The van der Waals surface area contributed by atoms with Gasteiger partial charge < -0.3 is 5.32 Å². The van der Waals surface area contributed by atoms with E-state index in [1.807, 2.05) is 13.1 Å². The predicted molar refractivity (Wildman–Crippen MR) is 83.8 cm³/mol. The molecule has 0 bridgehead atoms. The number of rotatable bonds is 4. The second-order valence-corrected chi connectivity index (χ2v) is 7.50. The lowest BCUT2D eigenvalue weighted by Gasteiger charge is -2.32. The van der Waals surface area contributed by atoms with E-state index in [-0.39, 0.29) is 0 Å². The molecule has 3 rings (SSSR count). The minimum atomic E-state index is 0.688. The molecule has 3 heterocycles. The quantitative estimate of drug-likeness (QED) is 0.938. The topological polar surface area (TPSA) is 53.9 Å². The van der Waals surface area contributed by atoms with Crippen molar-refractivity contribution >= 4 is 32.9 Å². The Bertz CT molecular complexity index is 565. The van der Waals surface area contributed by atoms with Crippen LogP contribution in [-0.2, 0) is 6.54 Å². The van der Waals surface area contributed by atoms with Gasteiger partial charge in [-0.05, 0) is 33.2 Å². The van der Waals surface area contributed by atoms with Crippen molar-refractivity contribution in [2.75, 3.05) is 11.9 Å². The van der Waals surface area contributed by atoms with Gasteiger partial charge in [-0.1, -0.05) is 17.8 Å². The van der Waals surface area contributed by atoms with Gasteiger partial charge in [-0.25, -0.2) is 4.98 Å². The Morgan fingerprint density at radius 2 is 2.20 bits per heavy atom. The van der Waals surface area contributed by atoms with Crippen LogP contribution in [0.5, 0.6) is 0 Å². The maximum absolute atomic E-state index is 4.43. The van der Waals surface area contributed by atoms with Crippen LogP contribution in [0.4, 0.5) is 10.3 Å². The van der Waals surface area contributed by atoms with Crippen molar-refractivity contribution in [1.82, 2.24) is 20.1 Å². The molecule has 20 heavy (non-hydrogen) atoms. The minimum absolute atomic E-state index is 0.688. The standard InChI is InChI=1S/C13H19N5S2/c1-9-5-3-4-6-18(9)8-11-7-14-12(20-11)15-13-17-16-10(2)19-13/h7,9H,3-6,8H2,1-2H3,(H,14,15,17). The maximum Gasteiger partial charge on any atom is 0.211 e. The van der Waals surface area contributed by atoms with Gasteiger partial charge in [-0.2, -0.15) is 0 Å². The van der Waals surface area contributed by atoms with Crippen LogP contribution in [0.15, 0.2) is 6.20 Å². The number of nitrogens with one attached hydrogen (secondary N) is 1. The highest BCUT2D eigenvalue weighted by atomic mass is 32.1. The number of likely N-dealkylation sites (tertiary alicyclic amines) is 1. The Morgan fingerprint density at radius 3 is 2.95 bits per heavy atom. The zero-order valence-corrected chi connectivity index (χ0v) is 13.4. The van der Waals surface area contributed by atoms with E-state index in [4.69, 9.17) is 0 Å². The molecule has 0 saturated carbocycles. The first kappa shape index (κ1) is 13.9. The number of aromatic nitrogens is 3. The van der Waals surface area contributed by atoms with Crippen molar-refractivity contribution in [1.29, 1.82) is 0 Å². The van der Waals surface area contributed by atoms with Gasteiger partial charge in [0, 0.05) is 23.7 Å². The summed E-state index contributed by atoms with van der Waals surface area (Å²) in [5.41, 5.74) is 0. The van der Waals surface area contributed by atoms with Gasteiger partial charge in [-0.3, -0.25) is 4.90 Å². The molecule has 0 radical (unpaired) electrons. The molecule has 1 unspecified atom stereocenters. The lowest BCUT2D eigenvalue weighted by atomic mass is 10.0. The van der Waals surface area contributed by atoms with Crippen molar-refractivity contribution in [3.05, 3.63) is 16.1 Å². The average Bonchev–Trinajstić information content (AvgIpc) is 3.02. The number of aryl methyl sites for hydroxylation is 1. The van der Waals surface area contributed by atoms with Crippen molar-refractivity contribution in [2.45, 2.75) is 45.7 Å². The molecule has 1 aliphatic heterocycles. The first-order valence-electron chi connectivity index (χ1n) is 6.96. The maximum atomic E-state index is 4.43. The predicted octanol–water partition coefficient (Wildman–Crippen LogP) is 3.42. The molecule has 1 saturated heterocycles. The molecule has 0 aromatic carbocycles. The fraction of sp³-hybridized carbons (Fsp3) is 0.615. The average molecular weight is 309 g/mol. The van der Waals surface area contributed by atoms with Crippen molar-refractivity contribution in [3.8, 4) is 0 Å². The molecular weight excluding hydrogens is 290 g/mol. The fourth-order valence-electron chi connectivity index (χ4n) is 2.47. The van der Waals surface area contributed by atoms with Gasteiger partial charge in [0.25, 0.3) is 0 Å². The zero-order chi connectivity index (χ0) is 13.9. The molecule has 5 nitrogen and oxygen atoms in total. The molecule has 108 valence electrons. The second kappa shape index (κ2) is 6.15. The summed E-state index contributed by atoms with van der Waals surface area (Å²) in [4.78, 5) is 8.29. The summed E-state index contributed by atoms with van der Waals surface area (Å²) in [7, 11) is 0. The fourth-order valence-corrected chi connectivity index (χ4v) is 3.96. The molecule has 1 aliphatic rings. The number of nitrogens with zero attached hydrogens (tertiary/aromatic N) is 4. The Hall–Kier alpha value is -1.05. The van der Waals surface area contributed by atoms with Crippen LogP contribution in [0, 0.1) is 6.92 Å². The molecule has 1 atom stereocenters. The molecule has 2 aromatic heterocycles. The van der Waals surface area contributed by atoms with Gasteiger partial charge in [0.15, 0.2) is 5.13 Å². The van der Waals surface area contributed by atoms with Gasteiger partial charge in [-0.15, -0.1) is 21.5 Å². The van der Waals surface area contributed by atoms with E-state index in [1.54, 1.807) is 22.7 Å². The van der Waals surface area contributed by atoms with Crippen molar-refractivity contribution in [3.63, 3.8) is 0 Å². The summed E-state index contributed by atoms with van der Waals surface area (Å²) in [6, 6.07) is 0.688. The zero-order valence-electron chi connectivity index (χ0n) is 11.8. The molecule has 1 fully saturated rings. The lowest BCUT2D eigenvalue weighted by molar-refractivity contribution is 0.154. The summed E-state index contributed by atoms with van der Waals surface area (Å²) in [6.45, 7) is 6.49. The minimum Gasteiger partial charge on any atom is -0.306 e. The third-order valence-corrected chi connectivity index (χ3v) is 5.24. The Balaban J connectivity index is 1.61. The van der Waals surface area contributed by atoms with E-state index in [0.29, 0.717) is 6.04 Å². The normalized spacial score (nSPS) is 20.2. The van der Waals surface area contributed by atoms with Crippen LogP contribution < -0.4 is 5.32 Å². The SMILES string of the molecule is Cc1nnc(Nc2ncc(CN3CCCCC3C)s2)s1. The molecule has 0 aliphatic carbocycles. The first-order chi connectivity index (χ1) is 9.70. The van der Waals surface area contributed by atoms with Crippen LogP contribution in [0.25, 0.3) is 0 Å². The molecular formula is C13H19N5S2. The van der Waals surface area contributed by atoms with Crippen molar-refractivity contribution < 1.29 is 0 Å². The van der Waals surface area contributed by atoms with Gasteiger partial charge in [0.2, 0.25) is 5.13 Å². The Kier molecular flexibility index (Phi) is 4.28. The number of hydrogen-bond acceptors (Lipinski definition) is 7. The van der Waals surface area contributed by atoms with Crippen LogP contribution in [-0.4, -0.2) is 32.7 Å². The van der Waals surface area contributed by atoms with Crippen LogP contribution in [0.1, 0.15) is 36.1 Å².